The third-order valence-electron chi connectivity index (χ3n) is 5.13. The van der Waals surface area contributed by atoms with Gasteiger partial charge < -0.3 is 9.64 Å². The molecule has 2 heterocycles. The minimum Gasteiger partial charge on any atom is -0.376 e. The zero-order valence-corrected chi connectivity index (χ0v) is 15.6. The summed E-state index contributed by atoms with van der Waals surface area (Å²) in [6, 6.07) is 19.8. The molecule has 4 rings (SSSR count). The predicted molar refractivity (Wildman–Crippen MR) is 108 cm³/mol. The molecular weight excluding hydrogens is 336 g/mol. The second kappa shape index (κ2) is 7.89. The van der Waals surface area contributed by atoms with Gasteiger partial charge in [-0.2, -0.15) is 0 Å². The summed E-state index contributed by atoms with van der Waals surface area (Å²) in [4.78, 5) is 20.1. The molecule has 1 unspecified atom stereocenters. The van der Waals surface area contributed by atoms with Crippen molar-refractivity contribution in [1.29, 1.82) is 0 Å². The van der Waals surface area contributed by atoms with E-state index in [1.165, 1.54) is 0 Å². The molecule has 3 aromatic rings. The van der Waals surface area contributed by atoms with Crippen LogP contribution in [0.5, 0.6) is 0 Å². The van der Waals surface area contributed by atoms with E-state index in [9.17, 15) is 4.79 Å². The Kier molecular flexibility index (Phi) is 5.16. The van der Waals surface area contributed by atoms with E-state index in [-0.39, 0.29) is 12.0 Å². The highest BCUT2D eigenvalue weighted by Crippen LogP contribution is 2.26. The number of benzene rings is 2. The number of ether oxygens (including phenoxy) is 1. The molecule has 1 atom stereocenters. The van der Waals surface area contributed by atoms with Crippen LogP contribution in [-0.4, -0.2) is 41.6 Å². The van der Waals surface area contributed by atoms with Crippen LogP contribution in [0.4, 0.5) is 0 Å². The van der Waals surface area contributed by atoms with Gasteiger partial charge in [0.05, 0.1) is 22.9 Å². The number of hydrogen-bond acceptors (Lipinski definition) is 3. The Morgan fingerprint density at radius 3 is 2.67 bits per heavy atom. The van der Waals surface area contributed by atoms with Gasteiger partial charge in [-0.3, -0.25) is 4.79 Å². The summed E-state index contributed by atoms with van der Waals surface area (Å²) in [6.07, 6.45) is 2.25. The smallest absolute Gasteiger partial charge is 0.254 e. The van der Waals surface area contributed by atoms with Gasteiger partial charge in [0, 0.05) is 30.6 Å². The largest absolute Gasteiger partial charge is 0.376 e. The van der Waals surface area contributed by atoms with E-state index in [1.807, 2.05) is 72.5 Å². The van der Waals surface area contributed by atoms with Crippen molar-refractivity contribution in [3.05, 3.63) is 66.2 Å². The van der Waals surface area contributed by atoms with Gasteiger partial charge in [-0.05, 0) is 31.9 Å². The van der Waals surface area contributed by atoms with Crippen molar-refractivity contribution in [2.75, 3.05) is 19.7 Å². The maximum atomic E-state index is 13.4. The normalized spacial score (nSPS) is 16.6. The molecule has 4 nitrogen and oxygen atoms in total. The number of hydrogen-bond donors (Lipinski definition) is 0. The van der Waals surface area contributed by atoms with E-state index in [2.05, 4.69) is 0 Å². The third kappa shape index (κ3) is 3.71. The van der Waals surface area contributed by atoms with Crippen LogP contribution in [0.1, 0.15) is 30.1 Å². The summed E-state index contributed by atoms with van der Waals surface area (Å²) < 4.78 is 5.75. The summed E-state index contributed by atoms with van der Waals surface area (Å²) in [5.74, 6) is 0.0452. The molecular formula is C23H24N2O2. The first-order valence-corrected chi connectivity index (χ1v) is 9.62. The zero-order chi connectivity index (χ0) is 18.6. The fraction of sp³-hybridized carbons (Fsp3) is 0.304. The average molecular weight is 360 g/mol. The molecule has 0 saturated carbocycles. The lowest BCUT2D eigenvalue weighted by Crippen LogP contribution is -2.37. The van der Waals surface area contributed by atoms with Gasteiger partial charge in [-0.1, -0.05) is 48.5 Å². The van der Waals surface area contributed by atoms with Crippen LogP contribution in [0.25, 0.3) is 22.2 Å². The average Bonchev–Trinajstić information content (AvgIpc) is 3.24. The summed E-state index contributed by atoms with van der Waals surface area (Å²) in [6.45, 7) is 4.13. The highest BCUT2D eigenvalue weighted by atomic mass is 16.5. The molecule has 4 heteroatoms. The quantitative estimate of drug-likeness (QED) is 0.671. The topological polar surface area (TPSA) is 42.4 Å². The van der Waals surface area contributed by atoms with Gasteiger partial charge in [0.1, 0.15) is 0 Å². The Hall–Kier alpha value is -2.72. The van der Waals surface area contributed by atoms with Crippen molar-refractivity contribution in [3.8, 4) is 11.3 Å². The van der Waals surface area contributed by atoms with Gasteiger partial charge in [-0.15, -0.1) is 0 Å². The fourth-order valence-corrected chi connectivity index (χ4v) is 3.67. The minimum absolute atomic E-state index is 0.0452. The van der Waals surface area contributed by atoms with Crippen LogP contribution in [0.2, 0.25) is 0 Å². The Bertz CT molecular complexity index is 934. The summed E-state index contributed by atoms with van der Waals surface area (Å²) in [5.41, 5.74) is 3.39. The molecule has 0 radical (unpaired) electrons. The number of pyridine rings is 1. The van der Waals surface area contributed by atoms with Crippen LogP contribution in [0.15, 0.2) is 60.7 Å². The molecule has 0 N–H and O–H groups in total. The summed E-state index contributed by atoms with van der Waals surface area (Å²) in [7, 11) is 0. The first-order chi connectivity index (χ1) is 13.3. The maximum Gasteiger partial charge on any atom is 0.254 e. The van der Waals surface area contributed by atoms with E-state index in [4.69, 9.17) is 9.72 Å². The van der Waals surface area contributed by atoms with Crippen molar-refractivity contribution >= 4 is 16.8 Å². The molecule has 1 aliphatic rings. The first kappa shape index (κ1) is 17.7. The fourth-order valence-electron chi connectivity index (χ4n) is 3.67. The van der Waals surface area contributed by atoms with Crippen molar-refractivity contribution in [3.63, 3.8) is 0 Å². The standard InChI is InChI=1S/C23H24N2O2/c1-2-25(16-18-11-8-14-27-18)23(26)20-15-22(17-9-4-3-5-10-17)24-21-13-7-6-12-19(20)21/h3-7,9-10,12-13,15,18H,2,8,11,14,16H2,1H3. The van der Waals surface area contributed by atoms with Crippen LogP contribution in [0, 0.1) is 0 Å². The molecule has 1 aromatic heterocycles. The van der Waals surface area contributed by atoms with Crippen molar-refractivity contribution in [2.45, 2.75) is 25.9 Å². The Balaban J connectivity index is 1.75. The van der Waals surface area contributed by atoms with Gasteiger partial charge in [0.15, 0.2) is 0 Å². The van der Waals surface area contributed by atoms with E-state index in [1.54, 1.807) is 0 Å². The number of fused-ring (bicyclic) bond motifs is 1. The Labute approximate surface area is 159 Å². The number of carbonyl (C=O) groups is 1. The number of aromatic nitrogens is 1. The van der Waals surface area contributed by atoms with Crippen molar-refractivity contribution in [1.82, 2.24) is 9.88 Å². The van der Waals surface area contributed by atoms with E-state index >= 15 is 0 Å². The monoisotopic (exact) mass is 360 g/mol. The highest BCUT2D eigenvalue weighted by molar-refractivity contribution is 6.07. The second-order valence-corrected chi connectivity index (χ2v) is 6.92. The molecule has 2 aromatic carbocycles. The number of nitrogens with zero attached hydrogens (tertiary/aromatic N) is 2. The number of para-hydroxylation sites is 1. The number of likely N-dealkylation sites (N-methyl/N-ethyl adjacent to an activating group) is 1. The zero-order valence-electron chi connectivity index (χ0n) is 15.6. The summed E-state index contributed by atoms with van der Waals surface area (Å²) in [5, 5.41) is 0.896. The molecule has 27 heavy (non-hydrogen) atoms. The summed E-state index contributed by atoms with van der Waals surface area (Å²) >= 11 is 0. The molecule has 1 aliphatic heterocycles. The third-order valence-corrected chi connectivity index (χ3v) is 5.13. The lowest BCUT2D eigenvalue weighted by molar-refractivity contribution is 0.0540. The van der Waals surface area contributed by atoms with Gasteiger partial charge in [0.2, 0.25) is 0 Å². The first-order valence-electron chi connectivity index (χ1n) is 9.62. The minimum atomic E-state index is 0.0452. The van der Waals surface area contributed by atoms with Gasteiger partial charge in [-0.25, -0.2) is 4.98 Å². The Morgan fingerprint density at radius 2 is 1.93 bits per heavy atom. The lowest BCUT2D eigenvalue weighted by atomic mass is 10.0. The van der Waals surface area contributed by atoms with Crippen molar-refractivity contribution < 1.29 is 9.53 Å². The number of amides is 1. The number of rotatable bonds is 5. The van der Waals surface area contributed by atoms with E-state index in [0.29, 0.717) is 18.7 Å². The van der Waals surface area contributed by atoms with Crippen LogP contribution in [0.3, 0.4) is 0 Å². The van der Waals surface area contributed by atoms with E-state index < -0.39 is 0 Å². The van der Waals surface area contributed by atoms with Crippen LogP contribution in [-0.2, 0) is 4.74 Å². The maximum absolute atomic E-state index is 13.4. The van der Waals surface area contributed by atoms with Crippen LogP contribution >= 0.6 is 0 Å². The molecule has 1 saturated heterocycles. The molecule has 0 spiro atoms. The van der Waals surface area contributed by atoms with Gasteiger partial charge in [0.25, 0.3) is 5.91 Å². The van der Waals surface area contributed by atoms with Gasteiger partial charge >= 0.3 is 0 Å². The van der Waals surface area contributed by atoms with Crippen molar-refractivity contribution in [2.24, 2.45) is 0 Å². The Morgan fingerprint density at radius 1 is 1.15 bits per heavy atom. The second-order valence-electron chi connectivity index (χ2n) is 6.92. The predicted octanol–water partition coefficient (Wildman–Crippen LogP) is 4.54. The lowest BCUT2D eigenvalue weighted by Gasteiger charge is -2.25. The van der Waals surface area contributed by atoms with E-state index in [0.717, 1.165) is 41.6 Å². The number of carbonyl (C=O) groups excluding carboxylic acids is 1. The SMILES string of the molecule is CCN(CC1CCCO1)C(=O)c1cc(-c2ccccc2)nc2ccccc12. The highest BCUT2D eigenvalue weighted by Gasteiger charge is 2.24. The molecule has 1 amide bonds. The molecule has 1 fully saturated rings. The van der Waals surface area contributed by atoms with Crippen LogP contribution < -0.4 is 0 Å². The molecule has 0 aliphatic carbocycles. The molecule has 138 valence electrons. The molecule has 0 bridgehead atoms.